The lowest BCUT2D eigenvalue weighted by Crippen LogP contribution is -2.34. The lowest BCUT2D eigenvalue weighted by atomic mass is 9.86. The molecule has 0 saturated carbocycles. The number of methoxy groups -OCH3 is 1. The maximum Gasteiger partial charge on any atom is 0.226 e. The Kier molecular flexibility index (Phi) is 3.21. The topological polar surface area (TPSA) is 81.8 Å². The van der Waals surface area contributed by atoms with E-state index in [-0.39, 0.29) is 0 Å². The molecule has 0 unspecified atom stereocenters. The fraction of sp³-hybridized carbons (Fsp3) is 0.438. The van der Waals surface area contributed by atoms with E-state index < -0.39 is 5.60 Å². The second kappa shape index (κ2) is 5.14. The zero-order valence-corrected chi connectivity index (χ0v) is 13.1. The molecule has 7 nitrogen and oxygen atoms in total. The van der Waals surface area contributed by atoms with Crippen molar-refractivity contribution in [3.05, 3.63) is 29.8 Å². The summed E-state index contributed by atoms with van der Waals surface area (Å²) in [5, 5.41) is 11.9. The van der Waals surface area contributed by atoms with Crippen molar-refractivity contribution in [3.63, 3.8) is 0 Å². The Morgan fingerprint density at radius 2 is 2.04 bits per heavy atom. The van der Waals surface area contributed by atoms with Crippen LogP contribution in [0.25, 0.3) is 16.7 Å². The highest BCUT2D eigenvalue weighted by Gasteiger charge is 2.35. The van der Waals surface area contributed by atoms with Gasteiger partial charge in [-0.3, -0.25) is 4.40 Å². The Labute approximate surface area is 132 Å². The zero-order chi connectivity index (χ0) is 16.0. The van der Waals surface area contributed by atoms with Gasteiger partial charge in [0.25, 0.3) is 0 Å². The molecule has 23 heavy (non-hydrogen) atoms. The molecule has 1 aliphatic heterocycles. The molecule has 3 aromatic heterocycles. The van der Waals surface area contributed by atoms with Crippen molar-refractivity contribution in [3.8, 4) is 5.88 Å². The van der Waals surface area contributed by atoms with E-state index in [1.54, 1.807) is 13.3 Å². The van der Waals surface area contributed by atoms with Gasteiger partial charge in [0.05, 0.1) is 18.1 Å². The van der Waals surface area contributed by atoms with Crippen molar-refractivity contribution >= 4 is 16.7 Å². The fourth-order valence-electron chi connectivity index (χ4n) is 3.21. The van der Waals surface area contributed by atoms with Gasteiger partial charge in [0.15, 0.2) is 5.65 Å². The van der Waals surface area contributed by atoms with Crippen LogP contribution in [0.3, 0.4) is 0 Å². The highest BCUT2D eigenvalue weighted by atomic mass is 16.5. The van der Waals surface area contributed by atoms with Crippen LogP contribution in [0, 0.1) is 6.92 Å². The third kappa shape index (κ3) is 2.15. The smallest absolute Gasteiger partial charge is 0.226 e. The Morgan fingerprint density at radius 1 is 1.26 bits per heavy atom. The van der Waals surface area contributed by atoms with Gasteiger partial charge in [0.2, 0.25) is 5.88 Å². The zero-order valence-electron chi connectivity index (χ0n) is 13.1. The molecule has 0 bridgehead atoms. The largest absolute Gasteiger partial charge is 0.480 e. The van der Waals surface area contributed by atoms with Crippen LogP contribution in [-0.4, -0.2) is 44.8 Å². The third-order valence-electron chi connectivity index (χ3n) is 4.42. The summed E-state index contributed by atoms with van der Waals surface area (Å²) in [6.07, 6.45) is 4.63. The molecule has 4 heterocycles. The van der Waals surface area contributed by atoms with Crippen molar-refractivity contribution in [1.29, 1.82) is 0 Å². The van der Waals surface area contributed by atoms with E-state index in [0.717, 1.165) is 16.6 Å². The quantitative estimate of drug-likeness (QED) is 0.773. The van der Waals surface area contributed by atoms with E-state index >= 15 is 0 Å². The summed E-state index contributed by atoms with van der Waals surface area (Å²) in [6.45, 7) is 2.89. The van der Waals surface area contributed by atoms with Crippen molar-refractivity contribution < 1.29 is 14.6 Å². The van der Waals surface area contributed by atoms with Gasteiger partial charge in [-0.2, -0.15) is 4.98 Å². The summed E-state index contributed by atoms with van der Waals surface area (Å²) in [4.78, 5) is 13.3. The monoisotopic (exact) mass is 314 g/mol. The van der Waals surface area contributed by atoms with Gasteiger partial charge in [0.1, 0.15) is 11.5 Å². The maximum absolute atomic E-state index is 11.1. The molecule has 0 aliphatic carbocycles. The molecular weight excluding hydrogens is 296 g/mol. The minimum absolute atomic E-state index is 0.500. The van der Waals surface area contributed by atoms with Crippen molar-refractivity contribution in [2.45, 2.75) is 25.4 Å². The van der Waals surface area contributed by atoms with Gasteiger partial charge in [0, 0.05) is 44.0 Å². The Bertz CT molecular complexity index is 884. The highest BCUT2D eigenvalue weighted by molar-refractivity contribution is 5.85. The van der Waals surface area contributed by atoms with E-state index in [9.17, 15) is 5.11 Å². The van der Waals surface area contributed by atoms with E-state index in [0.29, 0.717) is 43.4 Å². The molecule has 1 N–H and O–H groups in total. The van der Waals surface area contributed by atoms with Crippen molar-refractivity contribution in [1.82, 2.24) is 19.4 Å². The first kappa shape index (κ1) is 14.3. The van der Waals surface area contributed by atoms with Crippen LogP contribution in [0.1, 0.15) is 24.2 Å². The standard InChI is InChI=1S/C16H18N4O3/c1-10-18-13-11(15(19-10)22-2)9-12(14-17-5-6-20(13)14)16(21)3-7-23-8-4-16/h5-6,9,21H,3-4,7-8H2,1-2H3. The number of rotatable bonds is 2. The third-order valence-corrected chi connectivity index (χ3v) is 4.42. The number of imidazole rings is 1. The van der Waals surface area contributed by atoms with Crippen LogP contribution >= 0.6 is 0 Å². The lowest BCUT2D eigenvalue weighted by molar-refractivity contribution is -0.0672. The average Bonchev–Trinajstić information content (AvgIpc) is 3.04. The van der Waals surface area contributed by atoms with E-state index in [4.69, 9.17) is 9.47 Å². The predicted molar refractivity (Wildman–Crippen MR) is 83.5 cm³/mol. The van der Waals surface area contributed by atoms with Crippen LogP contribution in [0.2, 0.25) is 0 Å². The second-order valence-corrected chi connectivity index (χ2v) is 5.84. The molecule has 1 fully saturated rings. The fourth-order valence-corrected chi connectivity index (χ4v) is 3.21. The number of pyridine rings is 1. The molecule has 7 heteroatoms. The highest BCUT2D eigenvalue weighted by Crippen LogP contribution is 2.37. The van der Waals surface area contributed by atoms with E-state index in [2.05, 4.69) is 15.0 Å². The number of nitrogens with zero attached hydrogens (tertiary/aromatic N) is 4. The minimum Gasteiger partial charge on any atom is -0.480 e. The first-order valence-electron chi connectivity index (χ1n) is 7.61. The average molecular weight is 314 g/mol. The van der Waals surface area contributed by atoms with Crippen LogP contribution in [0.5, 0.6) is 5.88 Å². The number of fused-ring (bicyclic) bond motifs is 3. The molecule has 3 aromatic rings. The normalized spacial score (nSPS) is 17.7. The molecule has 0 radical (unpaired) electrons. The molecular formula is C16H18N4O3. The molecule has 0 atom stereocenters. The Hall–Kier alpha value is -2.25. The molecule has 4 rings (SSSR count). The number of aliphatic hydroxyl groups is 1. The second-order valence-electron chi connectivity index (χ2n) is 5.84. The lowest BCUT2D eigenvalue weighted by Gasteiger charge is -2.32. The number of hydrogen-bond donors (Lipinski definition) is 1. The summed E-state index contributed by atoms with van der Waals surface area (Å²) >= 11 is 0. The van der Waals surface area contributed by atoms with E-state index in [1.807, 2.05) is 23.6 Å². The van der Waals surface area contributed by atoms with Gasteiger partial charge in [-0.1, -0.05) is 0 Å². The van der Waals surface area contributed by atoms with Gasteiger partial charge in [-0.15, -0.1) is 0 Å². The maximum atomic E-state index is 11.1. The first-order chi connectivity index (χ1) is 11.1. The van der Waals surface area contributed by atoms with Gasteiger partial charge >= 0.3 is 0 Å². The number of hydrogen-bond acceptors (Lipinski definition) is 6. The summed E-state index contributed by atoms with van der Waals surface area (Å²) in [5.74, 6) is 1.13. The van der Waals surface area contributed by atoms with Crippen molar-refractivity contribution in [2.24, 2.45) is 0 Å². The number of aromatic nitrogens is 4. The van der Waals surface area contributed by atoms with Gasteiger partial charge < -0.3 is 14.6 Å². The van der Waals surface area contributed by atoms with Gasteiger partial charge in [-0.25, -0.2) is 9.97 Å². The summed E-state index contributed by atoms with van der Waals surface area (Å²) in [6, 6.07) is 1.90. The van der Waals surface area contributed by atoms with Crippen LogP contribution < -0.4 is 4.74 Å². The summed E-state index contributed by atoms with van der Waals surface area (Å²) in [5.41, 5.74) is 1.24. The van der Waals surface area contributed by atoms with Crippen molar-refractivity contribution in [2.75, 3.05) is 20.3 Å². The summed E-state index contributed by atoms with van der Waals surface area (Å²) in [7, 11) is 1.59. The van der Waals surface area contributed by atoms with Crippen LogP contribution in [0.15, 0.2) is 18.5 Å². The molecule has 0 aromatic carbocycles. The molecule has 0 spiro atoms. The Morgan fingerprint density at radius 3 is 2.78 bits per heavy atom. The molecule has 0 amide bonds. The van der Waals surface area contributed by atoms with Crippen LogP contribution in [-0.2, 0) is 10.3 Å². The predicted octanol–water partition coefficient (Wildman–Crippen LogP) is 1.59. The molecule has 120 valence electrons. The minimum atomic E-state index is -0.963. The van der Waals surface area contributed by atoms with Crippen LogP contribution in [0.4, 0.5) is 0 Å². The number of ether oxygens (including phenoxy) is 2. The van der Waals surface area contributed by atoms with E-state index in [1.165, 1.54) is 0 Å². The number of aryl methyl sites for hydroxylation is 1. The SMILES string of the molecule is COc1nc(C)nc2c1cc(C1(O)CCOCC1)c1nccn12. The molecule has 1 saturated heterocycles. The van der Waals surface area contributed by atoms with Gasteiger partial charge in [-0.05, 0) is 13.0 Å². The first-order valence-corrected chi connectivity index (χ1v) is 7.61. The molecule has 1 aliphatic rings. The Balaban J connectivity index is 2.07. The summed E-state index contributed by atoms with van der Waals surface area (Å²) < 4.78 is 12.7.